The molecule has 0 bridgehead atoms. The molecule has 8 atom stereocenters. The van der Waals surface area contributed by atoms with E-state index in [4.69, 9.17) is 17.0 Å². The first-order valence-electron chi connectivity index (χ1n) is 11.2. The quantitative estimate of drug-likeness (QED) is 0.359. The Bertz CT molecular complexity index is 663. The molecule has 1 heterocycles. The normalized spacial score (nSPS) is 48.1. The van der Waals surface area contributed by atoms with Crippen LogP contribution in [-0.2, 0) is 4.74 Å². The molecule has 3 fully saturated rings. The van der Waals surface area contributed by atoms with Crippen molar-refractivity contribution in [2.45, 2.75) is 108 Å². The molecule has 0 radical (unpaired) electrons. The monoisotopic (exact) mass is 423 g/mol. The minimum atomic E-state index is -0.741. The third-order valence-corrected chi connectivity index (χ3v) is 8.88. The third kappa shape index (κ3) is 3.97. The van der Waals surface area contributed by atoms with Crippen LogP contribution in [0.3, 0.4) is 0 Å². The van der Waals surface area contributed by atoms with Gasteiger partial charge >= 0.3 is 0 Å². The summed E-state index contributed by atoms with van der Waals surface area (Å²) in [5.74, 6) is 0.991. The van der Waals surface area contributed by atoms with Crippen LogP contribution in [-0.4, -0.2) is 44.7 Å². The van der Waals surface area contributed by atoms with E-state index in [1.807, 2.05) is 17.6 Å². The molecule has 5 nitrogen and oxygen atoms in total. The number of isothiocyanates is 1. The van der Waals surface area contributed by atoms with Crippen LogP contribution >= 0.6 is 12.2 Å². The van der Waals surface area contributed by atoms with E-state index in [0.717, 1.165) is 38.5 Å². The maximum absolute atomic E-state index is 11.2. The highest BCUT2D eigenvalue weighted by Gasteiger charge is 2.62. The fourth-order valence-corrected chi connectivity index (χ4v) is 6.92. The molecule has 3 rings (SSSR count). The van der Waals surface area contributed by atoms with Crippen LogP contribution in [0.15, 0.2) is 4.99 Å². The summed E-state index contributed by atoms with van der Waals surface area (Å²) in [6.07, 6.45) is 6.01. The number of nitrogens with two attached hydrogens (primary N) is 2. The standard InChI is InChI=1S/C23H41N3O2S/c1-20(2,25-7)17-10-13-23(5,28-17)16-8-11-21(3,26-14-29)15-9-12-22(4,27)19(24-6)18(15)16/h15-19,27H,6-13,24-25H2,1-5H3. The van der Waals surface area contributed by atoms with Crippen LogP contribution in [0.5, 0.6) is 0 Å². The highest BCUT2D eigenvalue weighted by molar-refractivity contribution is 7.78. The summed E-state index contributed by atoms with van der Waals surface area (Å²) in [6, 6.07) is 0.0260. The summed E-state index contributed by atoms with van der Waals surface area (Å²) in [7, 11) is 8.17. The predicted octanol–water partition coefficient (Wildman–Crippen LogP) is 1.83. The van der Waals surface area contributed by atoms with E-state index in [9.17, 15) is 5.11 Å². The van der Waals surface area contributed by atoms with Gasteiger partial charge in [-0.3, -0.25) is 0 Å². The van der Waals surface area contributed by atoms with Crippen molar-refractivity contribution in [3.8, 4) is 0 Å². The molecular weight excluding hydrogens is 382 g/mol. The van der Waals surface area contributed by atoms with Gasteiger partial charge in [0.25, 0.3) is 0 Å². The molecule has 0 spiro atoms. The Kier molecular flexibility index (Phi) is 6.40. The topological polar surface area (TPSA) is 75.0 Å². The average Bonchev–Trinajstić information content (AvgIpc) is 3.05. The molecule has 6 heteroatoms. The van der Waals surface area contributed by atoms with E-state index in [-0.39, 0.29) is 34.7 Å². The van der Waals surface area contributed by atoms with Crippen LogP contribution in [0.1, 0.15) is 73.1 Å². The first-order chi connectivity index (χ1) is 13.4. The minimum absolute atomic E-state index is 0.0260. The van der Waals surface area contributed by atoms with E-state index >= 15 is 0 Å². The van der Waals surface area contributed by atoms with Crippen molar-refractivity contribution in [1.82, 2.24) is 0 Å². The molecule has 3 aliphatic rings. The van der Waals surface area contributed by atoms with Crippen molar-refractivity contribution in [3.05, 3.63) is 14.1 Å². The molecule has 2 saturated carbocycles. The molecule has 2 aliphatic carbocycles. The smallest absolute Gasteiger partial charge is 0.111 e. The Labute approximate surface area is 182 Å². The molecule has 166 valence electrons. The Morgan fingerprint density at radius 1 is 1.10 bits per heavy atom. The molecule has 29 heavy (non-hydrogen) atoms. The number of ether oxygens (including phenoxy) is 1. The van der Waals surface area contributed by atoms with Gasteiger partial charge in [0.05, 0.1) is 27.9 Å². The second-order valence-electron chi connectivity index (χ2n) is 11.0. The summed E-state index contributed by atoms with van der Waals surface area (Å²) in [5, 5.41) is 17.9. The predicted molar refractivity (Wildman–Crippen MR) is 118 cm³/mol. The number of hydrogen-bond acceptors (Lipinski definition) is 4. The minimum Gasteiger partial charge on any atom is -0.474 e. The lowest BCUT2D eigenvalue weighted by Crippen LogP contribution is -2.93. The Morgan fingerprint density at radius 3 is 2.34 bits per heavy atom. The van der Waals surface area contributed by atoms with Gasteiger partial charge in [0.1, 0.15) is 11.7 Å². The third-order valence-electron chi connectivity index (χ3n) is 8.79. The number of rotatable bonds is 5. The SMILES string of the molecule is [CH2-][NH2+]C1C2C(CCC1(C)O)C(C)(N=C=S)CCC2C1(C)CCC(C(C)(C)[NH2+][CH2-])O1. The summed E-state index contributed by atoms with van der Waals surface area (Å²) >= 11 is 5.01. The van der Waals surface area contributed by atoms with E-state index in [1.54, 1.807) is 0 Å². The van der Waals surface area contributed by atoms with E-state index < -0.39 is 5.60 Å². The lowest BCUT2D eigenvalue weighted by atomic mass is 9.51. The molecule has 8 unspecified atom stereocenters. The second-order valence-corrected chi connectivity index (χ2v) is 11.2. The molecule has 0 aromatic carbocycles. The number of nitrogens with zero attached hydrogens (tertiary/aromatic N) is 1. The fourth-order valence-electron chi connectivity index (χ4n) is 6.71. The van der Waals surface area contributed by atoms with Crippen molar-refractivity contribution < 1.29 is 20.5 Å². The number of aliphatic hydroxyl groups is 1. The summed E-state index contributed by atoms with van der Waals surface area (Å²) in [6.45, 7) is 10.9. The van der Waals surface area contributed by atoms with Crippen LogP contribution in [0, 0.1) is 31.8 Å². The van der Waals surface area contributed by atoms with Gasteiger partial charge in [-0.15, -0.1) is 0 Å². The van der Waals surface area contributed by atoms with E-state index in [2.05, 4.69) is 51.9 Å². The lowest BCUT2D eigenvalue weighted by molar-refractivity contribution is -0.678. The van der Waals surface area contributed by atoms with Gasteiger partial charge in [0.2, 0.25) is 0 Å². The zero-order chi connectivity index (χ0) is 21.7. The summed E-state index contributed by atoms with van der Waals surface area (Å²) < 4.78 is 6.83. The van der Waals surface area contributed by atoms with Gasteiger partial charge in [-0.05, 0) is 97.2 Å². The number of fused-ring (bicyclic) bond motifs is 1. The Hall–Kier alpha value is -0.360. The molecule has 0 aromatic heterocycles. The van der Waals surface area contributed by atoms with Crippen molar-refractivity contribution >= 4 is 17.4 Å². The summed E-state index contributed by atoms with van der Waals surface area (Å²) in [4.78, 5) is 4.66. The maximum Gasteiger partial charge on any atom is 0.111 e. The number of hydrogen-bond donors (Lipinski definition) is 3. The van der Waals surface area contributed by atoms with Gasteiger partial charge in [0.15, 0.2) is 0 Å². The second kappa shape index (κ2) is 7.96. The summed E-state index contributed by atoms with van der Waals surface area (Å²) in [5.41, 5.74) is -1.20. The van der Waals surface area contributed by atoms with Gasteiger partial charge < -0.3 is 20.5 Å². The van der Waals surface area contributed by atoms with Crippen molar-refractivity contribution in [2.24, 2.45) is 22.7 Å². The first-order valence-corrected chi connectivity index (χ1v) is 11.6. The van der Waals surface area contributed by atoms with Crippen LogP contribution < -0.4 is 10.6 Å². The Morgan fingerprint density at radius 2 is 1.76 bits per heavy atom. The van der Waals surface area contributed by atoms with Crippen molar-refractivity contribution in [2.75, 3.05) is 0 Å². The van der Waals surface area contributed by atoms with Crippen LogP contribution in [0.4, 0.5) is 0 Å². The fraction of sp³-hybridized carbons (Fsp3) is 0.870. The van der Waals surface area contributed by atoms with Gasteiger partial charge in [-0.25, -0.2) is 4.99 Å². The number of quaternary nitrogens is 2. The average molecular weight is 424 g/mol. The number of thiocarbonyl (C=S) groups is 1. The number of aliphatic imine (C=N–C) groups is 1. The van der Waals surface area contributed by atoms with E-state index in [0.29, 0.717) is 11.8 Å². The molecular formula is C23H41N3O2S. The highest BCUT2D eigenvalue weighted by Crippen LogP contribution is 2.57. The van der Waals surface area contributed by atoms with Crippen LogP contribution in [0.25, 0.3) is 0 Å². The zero-order valence-electron chi connectivity index (χ0n) is 18.9. The Balaban J connectivity index is 1.98. The van der Waals surface area contributed by atoms with Crippen molar-refractivity contribution in [1.29, 1.82) is 0 Å². The first kappa shape index (κ1) is 23.3. The molecule has 1 saturated heterocycles. The van der Waals surface area contributed by atoms with Crippen LogP contribution in [0.2, 0.25) is 0 Å². The van der Waals surface area contributed by atoms with Gasteiger partial charge in [0, 0.05) is 5.92 Å². The molecule has 0 aromatic rings. The van der Waals surface area contributed by atoms with E-state index in [1.165, 1.54) is 0 Å². The lowest BCUT2D eigenvalue weighted by Gasteiger charge is -2.58. The largest absolute Gasteiger partial charge is 0.474 e. The zero-order valence-corrected chi connectivity index (χ0v) is 19.7. The highest BCUT2D eigenvalue weighted by atomic mass is 32.1. The van der Waals surface area contributed by atoms with Gasteiger partial charge in [-0.1, -0.05) is 0 Å². The molecule has 0 amide bonds. The maximum atomic E-state index is 11.2. The van der Waals surface area contributed by atoms with Crippen molar-refractivity contribution in [3.63, 3.8) is 0 Å². The molecule has 5 N–H and O–H groups in total. The molecule has 1 aliphatic heterocycles. The van der Waals surface area contributed by atoms with Gasteiger partial charge in [-0.2, -0.15) is 14.1 Å².